The number of nitrogens with one attached hydrogen (secondary N) is 1. The summed E-state index contributed by atoms with van der Waals surface area (Å²) in [5, 5.41) is 3.98. The van der Waals surface area contributed by atoms with Gasteiger partial charge in [0.25, 0.3) is 0 Å². The molecule has 38 heavy (non-hydrogen) atoms. The number of nitrogens with zero attached hydrogens (tertiary/aromatic N) is 1. The molecule has 0 saturated carbocycles. The largest absolute Gasteiger partial charge is 0.496 e. The average Bonchev–Trinajstić information content (AvgIpc) is 2.91. The highest BCUT2D eigenvalue weighted by atomic mass is 79.9. The van der Waals surface area contributed by atoms with Gasteiger partial charge in [-0.05, 0) is 42.5 Å². The normalized spacial score (nSPS) is 11.5. The monoisotopic (exact) mass is 602 g/mol. The van der Waals surface area contributed by atoms with Crippen LogP contribution in [0.25, 0.3) is 6.08 Å². The van der Waals surface area contributed by atoms with Crippen LogP contribution in [0.5, 0.6) is 23.0 Å². The summed E-state index contributed by atoms with van der Waals surface area (Å²) in [6.45, 7) is 0. The molecule has 0 fully saturated rings. The molecule has 0 aliphatic heterocycles. The minimum Gasteiger partial charge on any atom is -0.496 e. The maximum atomic E-state index is 12.9. The van der Waals surface area contributed by atoms with Gasteiger partial charge in [-0.1, -0.05) is 15.9 Å². The molecule has 1 aromatic heterocycles. The topological polar surface area (TPSA) is 113 Å². The second kappa shape index (κ2) is 13.1. The maximum absolute atomic E-state index is 12.9. The lowest BCUT2D eigenvalue weighted by Gasteiger charge is -2.12. The molecule has 1 N–H and O–H groups in total. The van der Waals surface area contributed by atoms with E-state index in [0.29, 0.717) is 34.1 Å². The van der Waals surface area contributed by atoms with Gasteiger partial charge in [0.05, 0.1) is 45.4 Å². The molecule has 0 radical (unpaired) electrons. The molecule has 9 nitrogen and oxygen atoms in total. The van der Waals surface area contributed by atoms with E-state index in [1.165, 1.54) is 46.8 Å². The molecule has 3 rings (SSSR count). The van der Waals surface area contributed by atoms with Crippen molar-refractivity contribution < 1.29 is 32.2 Å². The molecule has 0 atom stereocenters. The van der Waals surface area contributed by atoms with Crippen LogP contribution in [0.15, 0.2) is 70.7 Å². The maximum Gasteiger partial charge on any atom is 0.187 e. The molecule has 0 saturated heterocycles. The number of pyridine rings is 1. The van der Waals surface area contributed by atoms with Gasteiger partial charge in [0.15, 0.2) is 27.2 Å². The van der Waals surface area contributed by atoms with E-state index >= 15 is 0 Å². The third kappa shape index (κ3) is 7.59. The number of halogens is 1. The number of hydrogen-bond acceptors (Lipinski definition) is 9. The number of hydrogen-bond donors (Lipinski definition) is 1. The highest BCUT2D eigenvalue weighted by molar-refractivity contribution is 9.10. The highest BCUT2D eigenvalue weighted by Gasteiger charge is 2.15. The lowest BCUT2D eigenvalue weighted by molar-refractivity contribution is 0.104. The van der Waals surface area contributed by atoms with Crippen molar-refractivity contribution in [3.8, 4) is 23.0 Å². The van der Waals surface area contributed by atoms with Gasteiger partial charge in [-0.15, -0.1) is 0 Å². The van der Waals surface area contributed by atoms with E-state index in [2.05, 4.69) is 26.2 Å². The summed E-state index contributed by atoms with van der Waals surface area (Å²) in [7, 11) is 2.17. The lowest BCUT2D eigenvalue weighted by Crippen LogP contribution is -2.05. The first-order chi connectivity index (χ1) is 18.2. The predicted molar refractivity (Wildman–Crippen MR) is 150 cm³/mol. The van der Waals surface area contributed by atoms with Crippen LogP contribution in [0.3, 0.4) is 0 Å². The highest BCUT2D eigenvalue weighted by Crippen LogP contribution is 2.35. The van der Waals surface area contributed by atoms with E-state index in [0.717, 1.165) is 9.88 Å². The molecule has 0 aliphatic carbocycles. The molecule has 200 valence electrons. The Kier molecular flexibility index (Phi) is 9.91. The van der Waals surface area contributed by atoms with E-state index in [9.17, 15) is 13.2 Å². The summed E-state index contributed by atoms with van der Waals surface area (Å²) in [5.74, 6) is 1.37. The van der Waals surface area contributed by atoms with E-state index in [4.69, 9.17) is 18.9 Å². The number of benzene rings is 2. The molecule has 1 heterocycles. The number of ketones is 1. The molecular formula is C27H27BrN2O7S. The summed E-state index contributed by atoms with van der Waals surface area (Å²) in [6, 6.07) is 13.4. The third-order valence-electron chi connectivity index (χ3n) is 5.26. The standard InChI is InChI=1S/C27H27BrN2O7S/c1-34-21-15-25(36-3)22(26(16-21)37-4)12-14-38(32,33)17-20-9-10-24(35-2)27(30-20)29-13-11-23(31)18-5-7-19(28)8-6-18/h5-16H,17H2,1-4H3,(H,29,30). The Morgan fingerprint density at radius 1 is 0.921 bits per heavy atom. The Labute approximate surface area is 230 Å². The molecule has 0 aliphatic rings. The smallest absolute Gasteiger partial charge is 0.187 e. The summed E-state index contributed by atoms with van der Waals surface area (Å²) in [6.07, 6.45) is 4.19. The molecule has 0 unspecified atom stereocenters. The first-order valence-electron chi connectivity index (χ1n) is 11.2. The van der Waals surface area contributed by atoms with Gasteiger partial charge in [0, 0.05) is 39.9 Å². The fourth-order valence-corrected chi connectivity index (χ4v) is 4.64. The second-order valence-corrected chi connectivity index (χ2v) is 10.6. The van der Waals surface area contributed by atoms with Crippen LogP contribution >= 0.6 is 15.9 Å². The zero-order valence-electron chi connectivity index (χ0n) is 21.2. The van der Waals surface area contributed by atoms with Crippen molar-refractivity contribution in [1.29, 1.82) is 0 Å². The van der Waals surface area contributed by atoms with Gasteiger partial charge < -0.3 is 24.3 Å². The molecule has 2 aromatic carbocycles. The van der Waals surface area contributed by atoms with Crippen molar-refractivity contribution >= 4 is 43.4 Å². The van der Waals surface area contributed by atoms with Gasteiger partial charge in [0.2, 0.25) is 0 Å². The van der Waals surface area contributed by atoms with Gasteiger partial charge in [-0.2, -0.15) is 0 Å². The zero-order valence-corrected chi connectivity index (χ0v) is 23.6. The summed E-state index contributed by atoms with van der Waals surface area (Å²) < 4.78 is 47.9. The lowest BCUT2D eigenvalue weighted by atomic mass is 10.1. The summed E-state index contributed by atoms with van der Waals surface area (Å²) >= 11 is 3.33. The number of aromatic nitrogens is 1. The van der Waals surface area contributed by atoms with Crippen LogP contribution in [-0.4, -0.2) is 47.6 Å². The Morgan fingerprint density at radius 2 is 1.55 bits per heavy atom. The number of anilines is 1. The molecule has 0 spiro atoms. The van der Waals surface area contributed by atoms with Crippen LogP contribution in [0.1, 0.15) is 21.6 Å². The Morgan fingerprint density at radius 3 is 2.13 bits per heavy atom. The number of ether oxygens (including phenoxy) is 4. The van der Waals surface area contributed by atoms with Crippen LogP contribution in [0, 0.1) is 0 Å². The van der Waals surface area contributed by atoms with Crippen molar-refractivity contribution in [2.24, 2.45) is 0 Å². The number of rotatable bonds is 12. The van der Waals surface area contributed by atoms with E-state index < -0.39 is 9.84 Å². The minimum absolute atomic E-state index is 0.211. The number of sulfone groups is 1. The summed E-state index contributed by atoms with van der Waals surface area (Å²) in [4.78, 5) is 16.7. The quantitative estimate of drug-likeness (QED) is 0.219. The zero-order chi connectivity index (χ0) is 27.7. The van der Waals surface area contributed by atoms with Crippen LogP contribution < -0.4 is 24.3 Å². The molecule has 11 heteroatoms. The fraction of sp³-hybridized carbons (Fsp3) is 0.185. The van der Waals surface area contributed by atoms with Crippen LogP contribution in [0.4, 0.5) is 5.82 Å². The van der Waals surface area contributed by atoms with Crippen molar-refractivity contribution in [1.82, 2.24) is 4.98 Å². The van der Waals surface area contributed by atoms with Gasteiger partial charge in [-0.25, -0.2) is 13.4 Å². The van der Waals surface area contributed by atoms with Gasteiger partial charge in [0.1, 0.15) is 17.2 Å². The van der Waals surface area contributed by atoms with E-state index in [1.54, 1.807) is 48.5 Å². The number of carbonyl (C=O) groups excluding carboxylic acids is 1. The number of allylic oxidation sites excluding steroid dienone is 1. The molecule has 0 bridgehead atoms. The van der Waals surface area contributed by atoms with Crippen molar-refractivity contribution in [2.45, 2.75) is 5.75 Å². The van der Waals surface area contributed by atoms with Gasteiger partial charge >= 0.3 is 0 Å². The first kappa shape index (κ1) is 28.7. The molecular weight excluding hydrogens is 576 g/mol. The number of carbonyl (C=O) groups is 1. The Hall–Kier alpha value is -3.83. The molecule has 3 aromatic rings. The Balaban J connectivity index is 1.78. The van der Waals surface area contributed by atoms with Crippen molar-refractivity contribution in [3.63, 3.8) is 0 Å². The Bertz CT molecular complexity index is 1430. The van der Waals surface area contributed by atoms with E-state index in [1.807, 2.05) is 0 Å². The van der Waals surface area contributed by atoms with Crippen LogP contribution in [0.2, 0.25) is 0 Å². The first-order valence-corrected chi connectivity index (χ1v) is 13.7. The SMILES string of the molecule is COc1cc(OC)c(C=CS(=O)(=O)Cc2ccc(OC)c(NC=CC(=O)c3ccc(Br)cc3)n2)c(OC)c1. The van der Waals surface area contributed by atoms with Crippen molar-refractivity contribution in [2.75, 3.05) is 33.8 Å². The average molecular weight is 603 g/mol. The van der Waals surface area contributed by atoms with E-state index in [-0.39, 0.29) is 23.0 Å². The second-order valence-electron chi connectivity index (χ2n) is 7.76. The molecule has 0 amide bonds. The third-order valence-corrected chi connectivity index (χ3v) is 7.04. The van der Waals surface area contributed by atoms with Gasteiger partial charge in [-0.3, -0.25) is 4.79 Å². The predicted octanol–water partition coefficient (Wildman–Crippen LogP) is 5.27. The minimum atomic E-state index is -3.74. The van der Waals surface area contributed by atoms with Crippen LogP contribution in [-0.2, 0) is 15.6 Å². The number of methoxy groups -OCH3 is 4. The summed E-state index contributed by atoms with van der Waals surface area (Å²) in [5.41, 5.74) is 1.24. The van der Waals surface area contributed by atoms with Crippen molar-refractivity contribution in [3.05, 3.63) is 87.5 Å². The fourth-order valence-electron chi connectivity index (χ4n) is 3.36.